The van der Waals surface area contributed by atoms with Crippen molar-refractivity contribution >= 4 is 51.3 Å². The van der Waals surface area contributed by atoms with Crippen LogP contribution >= 0.6 is 33.2 Å². The average Bonchev–Trinajstić information content (AvgIpc) is 2.69. The zero-order chi connectivity index (χ0) is 21.1. The molecule has 0 fully saturated rings. The fourth-order valence-corrected chi connectivity index (χ4v) is 3.67. The van der Waals surface area contributed by atoms with Crippen molar-refractivity contribution < 1.29 is 14.0 Å². The summed E-state index contributed by atoms with van der Waals surface area (Å²) >= 11 is 16.9. The molecule has 0 aliphatic rings. The zero-order valence-corrected chi connectivity index (χ0v) is 19.6. The van der Waals surface area contributed by atoms with Gasteiger partial charge < -0.3 is 9.16 Å². The summed E-state index contributed by atoms with van der Waals surface area (Å²) in [6.45, 7) is 3.14. The number of rotatable bonds is 12. The Hall–Kier alpha value is -1.30. The summed E-state index contributed by atoms with van der Waals surface area (Å²) in [6.07, 6.45) is 4.29. The number of ether oxygens (including phenoxy) is 1. The van der Waals surface area contributed by atoms with Gasteiger partial charge in [0.1, 0.15) is 5.75 Å². The summed E-state index contributed by atoms with van der Waals surface area (Å²) in [5, 5.41) is 0. The first-order valence-electron chi connectivity index (χ1n) is 9.56. The maximum atomic E-state index is 12.3. The molecule has 0 spiro atoms. The molecule has 0 radical (unpaired) electrons. The van der Waals surface area contributed by atoms with Crippen LogP contribution < -0.4 is 4.74 Å². The molecule has 0 atom stereocenters. The van der Waals surface area contributed by atoms with E-state index in [-0.39, 0.29) is 5.78 Å². The highest BCUT2D eigenvalue weighted by molar-refractivity contribution is 7.62. The molecule has 0 amide bonds. The Morgan fingerprint density at radius 2 is 1.52 bits per heavy atom. The molecule has 3 nitrogen and oxygen atoms in total. The molecule has 0 unspecified atom stereocenters. The molecule has 0 aliphatic carbocycles. The lowest BCUT2D eigenvalue weighted by molar-refractivity contribution is 0.104. The number of carbonyl (C=O) groups is 1. The van der Waals surface area contributed by atoms with Crippen molar-refractivity contribution in [3.63, 3.8) is 0 Å². The number of hydrogen-bond acceptors (Lipinski definition) is 3. The zero-order valence-electron chi connectivity index (χ0n) is 16.4. The molecule has 2 rings (SSSR count). The second-order valence-corrected chi connectivity index (χ2v) is 14.4. The molecule has 2 aromatic carbocycles. The van der Waals surface area contributed by atoms with Gasteiger partial charge in [-0.05, 0) is 62.1 Å². The van der Waals surface area contributed by atoms with Gasteiger partial charge in [0.25, 0.3) is 0 Å². The second-order valence-electron chi connectivity index (χ2n) is 6.69. The molecule has 0 saturated carbocycles. The molecule has 0 heterocycles. The van der Waals surface area contributed by atoms with E-state index in [1.54, 1.807) is 18.2 Å². The van der Waals surface area contributed by atoms with Crippen LogP contribution in [0.25, 0.3) is 6.08 Å². The standard InChI is InChI=1S/C22H25Cl3O3Si/c1-18-6-8-19(9-7-18)10-15-22(26)20-11-13-21(14-12-20)27-16-4-2-3-5-17-28-29(23,24)25/h6-15H,2-5,16-17H2,1H3. The molecule has 0 N–H and O–H groups in total. The Morgan fingerprint density at radius 1 is 0.897 bits per heavy atom. The summed E-state index contributed by atoms with van der Waals surface area (Å²) in [6, 6.07) is 15.3. The number of unbranched alkanes of at least 4 members (excludes halogenated alkanes) is 3. The van der Waals surface area contributed by atoms with Gasteiger partial charge >= 0.3 is 6.25 Å². The summed E-state index contributed by atoms with van der Waals surface area (Å²) < 4.78 is 10.9. The largest absolute Gasteiger partial charge is 0.494 e. The first-order valence-corrected chi connectivity index (χ1v) is 14.5. The highest BCUT2D eigenvalue weighted by Gasteiger charge is 2.26. The van der Waals surface area contributed by atoms with Gasteiger partial charge in [0.05, 0.1) is 6.61 Å². The smallest absolute Gasteiger partial charge is 0.493 e. The quantitative estimate of drug-likeness (QED) is 0.110. The minimum atomic E-state index is -2.95. The molecule has 0 saturated heterocycles. The Labute approximate surface area is 187 Å². The average molecular weight is 472 g/mol. The van der Waals surface area contributed by atoms with E-state index in [0.29, 0.717) is 18.8 Å². The van der Waals surface area contributed by atoms with Crippen LogP contribution in [-0.4, -0.2) is 25.2 Å². The van der Waals surface area contributed by atoms with Gasteiger partial charge in [0, 0.05) is 12.2 Å². The van der Waals surface area contributed by atoms with Gasteiger partial charge in [-0.2, -0.15) is 0 Å². The lowest BCUT2D eigenvalue weighted by atomic mass is 10.1. The molecule has 0 bridgehead atoms. The molecule has 29 heavy (non-hydrogen) atoms. The van der Waals surface area contributed by atoms with Crippen molar-refractivity contribution in [2.24, 2.45) is 0 Å². The van der Waals surface area contributed by atoms with Gasteiger partial charge in [-0.3, -0.25) is 4.79 Å². The van der Waals surface area contributed by atoms with Gasteiger partial charge in [-0.15, -0.1) is 0 Å². The third-order valence-corrected chi connectivity index (χ3v) is 5.73. The third kappa shape index (κ3) is 10.3. The van der Waals surface area contributed by atoms with Crippen LogP contribution in [0.1, 0.15) is 47.2 Å². The maximum absolute atomic E-state index is 12.3. The van der Waals surface area contributed by atoms with Crippen LogP contribution in [0.4, 0.5) is 0 Å². The Bertz CT molecular complexity index is 784. The normalized spacial score (nSPS) is 11.7. The van der Waals surface area contributed by atoms with Crippen molar-refractivity contribution in [3.05, 3.63) is 71.3 Å². The van der Waals surface area contributed by atoms with E-state index in [2.05, 4.69) is 0 Å². The number of halogens is 3. The third-order valence-electron chi connectivity index (χ3n) is 4.22. The van der Waals surface area contributed by atoms with Crippen LogP contribution in [-0.2, 0) is 4.43 Å². The fraction of sp³-hybridized carbons (Fsp3) is 0.318. The number of allylic oxidation sites excluding steroid dienone is 1. The van der Waals surface area contributed by atoms with Gasteiger partial charge in [-0.25, -0.2) is 0 Å². The molecular weight excluding hydrogens is 447 g/mol. The number of benzene rings is 2. The lowest BCUT2D eigenvalue weighted by Gasteiger charge is -2.09. The maximum Gasteiger partial charge on any atom is 0.493 e. The van der Waals surface area contributed by atoms with Crippen molar-refractivity contribution in [1.29, 1.82) is 0 Å². The number of ketones is 1. The SMILES string of the molecule is Cc1ccc(C=CC(=O)c2ccc(OCCCCCCO[Si](Cl)(Cl)Cl)cc2)cc1. The van der Waals surface area contributed by atoms with Gasteiger partial charge in [0.15, 0.2) is 5.78 Å². The number of hydrogen-bond donors (Lipinski definition) is 0. The van der Waals surface area contributed by atoms with E-state index < -0.39 is 6.25 Å². The first-order chi connectivity index (χ1) is 13.8. The Kier molecular flexibility index (Phi) is 10.3. The van der Waals surface area contributed by atoms with E-state index in [1.165, 1.54) is 5.56 Å². The predicted octanol–water partition coefficient (Wildman–Crippen LogP) is 7.00. The summed E-state index contributed by atoms with van der Waals surface area (Å²) in [4.78, 5) is 12.3. The van der Waals surface area contributed by atoms with Crippen LogP contribution in [0.3, 0.4) is 0 Å². The Morgan fingerprint density at radius 3 is 2.14 bits per heavy atom. The van der Waals surface area contributed by atoms with Crippen molar-refractivity contribution in [2.75, 3.05) is 13.2 Å². The molecule has 0 aliphatic heterocycles. The highest BCUT2D eigenvalue weighted by Crippen LogP contribution is 2.21. The summed E-state index contributed by atoms with van der Waals surface area (Å²) in [5.74, 6) is 0.729. The van der Waals surface area contributed by atoms with Crippen LogP contribution in [0, 0.1) is 6.92 Å². The van der Waals surface area contributed by atoms with Crippen LogP contribution in [0.2, 0.25) is 0 Å². The van der Waals surface area contributed by atoms with E-state index >= 15 is 0 Å². The molecule has 156 valence electrons. The van der Waals surface area contributed by atoms with Gasteiger partial charge in [-0.1, -0.05) is 75.6 Å². The molecule has 0 aromatic heterocycles. The first kappa shape index (κ1) is 24.0. The lowest BCUT2D eigenvalue weighted by Crippen LogP contribution is -2.16. The van der Waals surface area contributed by atoms with E-state index in [9.17, 15) is 4.79 Å². The molecule has 7 heteroatoms. The minimum Gasteiger partial charge on any atom is -0.494 e. The fourth-order valence-electron chi connectivity index (χ4n) is 2.60. The van der Waals surface area contributed by atoms with E-state index in [4.69, 9.17) is 42.4 Å². The van der Waals surface area contributed by atoms with E-state index in [0.717, 1.165) is 37.0 Å². The predicted molar refractivity (Wildman–Crippen MR) is 124 cm³/mol. The summed E-state index contributed by atoms with van der Waals surface area (Å²) in [7, 11) is 0. The van der Waals surface area contributed by atoms with Crippen molar-refractivity contribution in [3.8, 4) is 5.75 Å². The van der Waals surface area contributed by atoms with Crippen molar-refractivity contribution in [1.82, 2.24) is 0 Å². The van der Waals surface area contributed by atoms with Crippen molar-refractivity contribution in [2.45, 2.75) is 32.6 Å². The second kappa shape index (κ2) is 12.4. The van der Waals surface area contributed by atoms with Crippen LogP contribution in [0.15, 0.2) is 54.6 Å². The Balaban J connectivity index is 1.66. The van der Waals surface area contributed by atoms with Crippen LogP contribution in [0.5, 0.6) is 5.75 Å². The minimum absolute atomic E-state index is 0.0303. The van der Waals surface area contributed by atoms with E-state index in [1.807, 2.05) is 49.4 Å². The highest BCUT2D eigenvalue weighted by atomic mass is 35.8. The monoisotopic (exact) mass is 470 g/mol. The number of aryl methyl sites for hydroxylation is 1. The molecular formula is C22H25Cl3O3Si. The number of carbonyl (C=O) groups excluding carboxylic acids is 1. The topological polar surface area (TPSA) is 35.5 Å². The molecule has 2 aromatic rings. The summed E-state index contributed by atoms with van der Waals surface area (Å²) in [5.41, 5.74) is 2.84. The van der Waals surface area contributed by atoms with Gasteiger partial charge in [0.2, 0.25) is 0 Å².